The molecule has 0 unspecified atom stereocenters. The summed E-state index contributed by atoms with van der Waals surface area (Å²) >= 11 is 1.66. The van der Waals surface area contributed by atoms with E-state index < -0.39 is 0 Å². The van der Waals surface area contributed by atoms with Crippen LogP contribution in [-0.4, -0.2) is 42.7 Å². The highest BCUT2D eigenvalue weighted by molar-refractivity contribution is 7.10. The van der Waals surface area contributed by atoms with Gasteiger partial charge in [0.15, 0.2) is 0 Å². The third kappa shape index (κ3) is 5.74. The lowest BCUT2D eigenvalue weighted by Gasteiger charge is -2.20. The Labute approximate surface area is 124 Å². The number of carbonyl (C=O) groups excluding carboxylic acids is 1. The summed E-state index contributed by atoms with van der Waals surface area (Å²) < 4.78 is 0. The number of nitrogens with one attached hydrogen (secondary N) is 1. The molecule has 0 saturated carbocycles. The highest BCUT2D eigenvalue weighted by atomic mass is 32.1. The number of carbonyl (C=O) groups is 1. The number of rotatable bonds is 7. The molecule has 1 aromatic rings. The highest BCUT2D eigenvalue weighted by Gasteiger charge is 2.12. The first kappa shape index (κ1) is 16.7. The second kappa shape index (κ2) is 9.54. The molecule has 0 atom stereocenters. The lowest BCUT2D eigenvalue weighted by molar-refractivity contribution is -0.121. The van der Waals surface area contributed by atoms with Crippen molar-refractivity contribution in [2.24, 2.45) is 0 Å². The molecular weight excluding hydrogens is 272 g/mol. The molecule has 0 aromatic carbocycles. The molecule has 0 fully saturated rings. The fraction of sp³-hybridized carbons (Fsp3) is 0.533. The number of nitrogens with zero attached hydrogens (tertiary/aromatic N) is 1. The van der Waals surface area contributed by atoms with Crippen LogP contribution in [-0.2, 0) is 11.3 Å². The number of aliphatic hydroxyl groups excluding tert-OH is 1. The summed E-state index contributed by atoms with van der Waals surface area (Å²) in [7, 11) is 1.66. The number of aliphatic hydroxyl groups is 1. The van der Waals surface area contributed by atoms with Crippen LogP contribution in [0, 0.1) is 11.8 Å². The van der Waals surface area contributed by atoms with Crippen LogP contribution in [0.1, 0.15) is 30.2 Å². The third-order valence-electron chi connectivity index (χ3n) is 2.76. The Morgan fingerprint density at radius 2 is 2.35 bits per heavy atom. The third-order valence-corrected chi connectivity index (χ3v) is 3.66. The summed E-state index contributed by atoms with van der Waals surface area (Å²) in [5, 5.41) is 13.4. The van der Waals surface area contributed by atoms with Gasteiger partial charge < -0.3 is 10.4 Å². The van der Waals surface area contributed by atoms with Gasteiger partial charge in [-0.1, -0.05) is 18.8 Å². The van der Waals surface area contributed by atoms with Crippen molar-refractivity contribution in [3.8, 4) is 11.8 Å². The first-order chi connectivity index (χ1) is 9.71. The number of thiophene rings is 1. The minimum Gasteiger partial charge on any atom is -0.395 e. The Morgan fingerprint density at radius 3 is 3.00 bits per heavy atom. The van der Waals surface area contributed by atoms with E-state index in [4.69, 9.17) is 5.11 Å². The van der Waals surface area contributed by atoms with Crippen molar-refractivity contribution in [1.82, 2.24) is 10.2 Å². The monoisotopic (exact) mass is 294 g/mol. The predicted molar refractivity (Wildman–Crippen MR) is 82.5 cm³/mol. The topological polar surface area (TPSA) is 52.6 Å². The van der Waals surface area contributed by atoms with Gasteiger partial charge in [-0.25, -0.2) is 0 Å². The summed E-state index contributed by atoms with van der Waals surface area (Å²) in [5.41, 5.74) is 1.00. The van der Waals surface area contributed by atoms with Gasteiger partial charge in [0.25, 0.3) is 0 Å². The maximum Gasteiger partial charge on any atom is 0.233 e. The normalized spacial score (nSPS) is 10.2. The van der Waals surface area contributed by atoms with E-state index in [0.29, 0.717) is 13.0 Å². The quantitative estimate of drug-likeness (QED) is 0.748. The molecule has 0 aliphatic rings. The fourth-order valence-corrected chi connectivity index (χ4v) is 2.68. The van der Waals surface area contributed by atoms with Crippen molar-refractivity contribution in [3.05, 3.63) is 21.9 Å². The van der Waals surface area contributed by atoms with Gasteiger partial charge >= 0.3 is 0 Å². The summed E-state index contributed by atoms with van der Waals surface area (Å²) in [6.07, 6.45) is 1.50. The van der Waals surface area contributed by atoms with Crippen LogP contribution in [0.15, 0.2) is 11.4 Å². The molecule has 0 aliphatic carbocycles. The molecule has 110 valence electrons. The minimum atomic E-state index is 0.0305. The maximum atomic E-state index is 11.5. The number of amides is 1. The van der Waals surface area contributed by atoms with Crippen molar-refractivity contribution in [2.45, 2.75) is 26.3 Å². The Hall–Kier alpha value is -1.35. The largest absolute Gasteiger partial charge is 0.395 e. The van der Waals surface area contributed by atoms with Crippen LogP contribution in [0.3, 0.4) is 0 Å². The van der Waals surface area contributed by atoms with E-state index in [1.165, 1.54) is 4.88 Å². The summed E-state index contributed by atoms with van der Waals surface area (Å²) in [6, 6.07) is 1.99. The fourth-order valence-electron chi connectivity index (χ4n) is 1.80. The first-order valence-corrected chi connectivity index (χ1v) is 7.68. The Balaban J connectivity index is 2.71. The SMILES string of the molecule is CCCN(CC(=O)NC)Cc1sccc1C#CCCO. The standard InChI is InChI=1S/C15H22N2O2S/c1-3-8-17(12-15(19)16-2)11-14-13(7-10-20-14)6-4-5-9-18/h7,10,18H,3,5,8-9,11-12H2,1-2H3,(H,16,19). The van der Waals surface area contributed by atoms with Crippen molar-refractivity contribution in [1.29, 1.82) is 0 Å². The molecule has 2 N–H and O–H groups in total. The van der Waals surface area contributed by atoms with Crippen LogP contribution in [0.4, 0.5) is 0 Å². The molecule has 20 heavy (non-hydrogen) atoms. The Kier molecular flexibility index (Phi) is 7.97. The van der Waals surface area contributed by atoms with Crippen LogP contribution in [0.2, 0.25) is 0 Å². The molecule has 1 rings (SSSR count). The minimum absolute atomic E-state index is 0.0305. The molecule has 1 aromatic heterocycles. The van der Waals surface area contributed by atoms with Crippen LogP contribution in [0.25, 0.3) is 0 Å². The molecular formula is C15H22N2O2S. The van der Waals surface area contributed by atoms with E-state index in [1.807, 2.05) is 11.4 Å². The number of hydrogen-bond donors (Lipinski definition) is 2. The van der Waals surface area contributed by atoms with Crippen molar-refractivity contribution >= 4 is 17.2 Å². The van der Waals surface area contributed by atoms with E-state index in [9.17, 15) is 4.79 Å². The maximum absolute atomic E-state index is 11.5. The lowest BCUT2D eigenvalue weighted by atomic mass is 10.2. The Bertz CT molecular complexity index is 474. The zero-order chi connectivity index (χ0) is 14.8. The molecule has 0 aliphatic heterocycles. The zero-order valence-corrected chi connectivity index (χ0v) is 12.9. The average molecular weight is 294 g/mol. The van der Waals surface area contributed by atoms with Crippen molar-refractivity contribution in [2.75, 3.05) is 26.7 Å². The molecule has 0 bridgehead atoms. The molecule has 0 saturated heterocycles. The molecule has 0 radical (unpaired) electrons. The second-order valence-corrected chi connectivity index (χ2v) is 5.42. The predicted octanol–water partition coefficient (Wildman–Crippen LogP) is 1.44. The zero-order valence-electron chi connectivity index (χ0n) is 12.1. The molecule has 1 heterocycles. The van der Waals surface area contributed by atoms with Gasteiger partial charge in [0.2, 0.25) is 5.91 Å². The van der Waals surface area contributed by atoms with Gasteiger partial charge in [-0.15, -0.1) is 11.3 Å². The van der Waals surface area contributed by atoms with Gasteiger partial charge in [-0.2, -0.15) is 0 Å². The first-order valence-electron chi connectivity index (χ1n) is 6.80. The molecule has 1 amide bonds. The molecule has 4 nitrogen and oxygen atoms in total. The number of hydrogen-bond acceptors (Lipinski definition) is 4. The van der Waals surface area contributed by atoms with Crippen LogP contribution < -0.4 is 5.32 Å². The van der Waals surface area contributed by atoms with Crippen LogP contribution in [0.5, 0.6) is 0 Å². The molecule has 0 spiro atoms. The van der Waals surface area contributed by atoms with E-state index in [1.54, 1.807) is 18.4 Å². The van der Waals surface area contributed by atoms with Crippen molar-refractivity contribution < 1.29 is 9.90 Å². The van der Waals surface area contributed by atoms with Gasteiger partial charge in [0.1, 0.15) is 0 Å². The summed E-state index contributed by atoms with van der Waals surface area (Å²) in [4.78, 5) is 14.8. The highest BCUT2D eigenvalue weighted by Crippen LogP contribution is 2.18. The average Bonchev–Trinajstić information content (AvgIpc) is 2.86. The van der Waals surface area contributed by atoms with Gasteiger partial charge in [-0.3, -0.25) is 9.69 Å². The van der Waals surface area contributed by atoms with Gasteiger partial charge in [-0.05, 0) is 24.4 Å². The van der Waals surface area contributed by atoms with Gasteiger partial charge in [0.05, 0.1) is 13.2 Å². The lowest BCUT2D eigenvalue weighted by Crippen LogP contribution is -2.35. The smallest absolute Gasteiger partial charge is 0.233 e. The van der Waals surface area contributed by atoms with Crippen LogP contribution >= 0.6 is 11.3 Å². The van der Waals surface area contributed by atoms with E-state index in [0.717, 1.165) is 25.1 Å². The van der Waals surface area contributed by atoms with Gasteiger partial charge in [0, 0.05) is 30.5 Å². The summed E-state index contributed by atoms with van der Waals surface area (Å²) in [5.74, 6) is 6.06. The number of likely N-dealkylation sites (N-methyl/N-ethyl adjacent to an activating group) is 1. The van der Waals surface area contributed by atoms with E-state index >= 15 is 0 Å². The van der Waals surface area contributed by atoms with E-state index in [2.05, 4.69) is 29.0 Å². The van der Waals surface area contributed by atoms with E-state index in [-0.39, 0.29) is 12.5 Å². The second-order valence-electron chi connectivity index (χ2n) is 4.42. The summed E-state index contributed by atoms with van der Waals surface area (Å²) in [6.45, 7) is 4.22. The Morgan fingerprint density at radius 1 is 1.55 bits per heavy atom. The molecule has 5 heteroatoms. The van der Waals surface area contributed by atoms with Crippen molar-refractivity contribution in [3.63, 3.8) is 0 Å².